The van der Waals surface area contributed by atoms with Crippen molar-refractivity contribution in [2.75, 3.05) is 5.32 Å². The molecule has 4 heteroatoms. The smallest absolute Gasteiger partial charge is 0.144 e. The third-order valence-electron chi connectivity index (χ3n) is 3.03. The van der Waals surface area contributed by atoms with Crippen molar-refractivity contribution in [1.82, 2.24) is 4.98 Å². The Morgan fingerprint density at radius 2 is 2.00 bits per heavy atom. The van der Waals surface area contributed by atoms with E-state index in [9.17, 15) is 0 Å². The maximum absolute atomic E-state index is 9.14. The minimum Gasteiger partial charge on any atom is -0.365 e. The molecule has 20 heavy (non-hydrogen) atoms. The number of nitrogens with zero attached hydrogens (tertiary/aromatic N) is 2. The van der Waals surface area contributed by atoms with Gasteiger partial charge >= 0.3 is 0 Å². The molecule has 1 aromatic heterocycles. The molecule has 2 aromatic rings. The molecule has 0 unspecified atom stereocenters. The Morgan fingerprint density at radius 3 is 2.65 bits per heavy atom. The van der Waals surface area contributed by atoms with Gasteiger partial charge in [-0.15, -0.1) is 0 Å². The van der Waals surface area contributed by atoms with Crippen LogP contribution in [-0.4, -0.2) is 4.98 Å². The van der Waals surface area contributed by atoms with E-state index >= 15 is 0 Å². The van der Waals surface area contributed by atoms with Crippen LogP contribution in [0.3, 0.4) is 0 Å². The molecule has 0 fully saturated rings. The van der Waals surface area contributed by atoms with E-state index in [4.69, 9.17) is 16.9 Å². The van der Waals surface area contributed by atoms with E-state index in [1.54, 1.807) is 6.07 Å². The summed E-state index contributed by atoms with van der Waals surface area (Å²) in [5.41, 5.74) is 2.49. The predicted molar refractivity (Wildman–Crippen MR) is 81.8 cm³/mol. The quantitative estimate of drug-likeness (QED) is 0.909. The van der Waals surface area contributed by atoms with Crippen molar-refractivity contribution in [3.63, 3.8) is 0 Å². The number of aromatic nitrogens is 1. The zero-order valence-corrected chi connectivity index (χ0v) is 12.3. The van der Waals surface area contributed by atoms with Crippen molar-refractivity contribution in [3.05, 3.63) is 58.2 Å². The van der Waals surface area contributed by atoms with E-state index in [0.717, 1.165) is 11.3 Å². The van der Waals surface area contributed by atoms with Gasteiger partial charge in [0.25, 0.3) is 0 Å². The molecule has 0 aliphatic heterocycles. The third-order valence-corrected chi connectivity index (χ3v) is 3.40. The Morgan fingerprint density at radius 1 is 1.25 bits per heavy atom. The lowest BCUT2D eigenvalue weighted by molar-refractivity contribution is 0.822. The molecule has 0 aliphatic carbocycles. The van der Waals surface area contributed by atoms with Crippen LogP contribution in [0.4, 0.5) is 5.82 Å². The molecule has 0 saturated heterocycles. The molecule has 1 heterocycles. The van der Waals surface area contributed by atoms with Crippen molar-refractivity contribution in [2.24, 2.45) is 0 Å². The molecule has 0 saturated carbocycles. The van der Waals surface area contributed by atoms with Gasteiger partial charge in [0.2, 0.25) is 0 Å². The number of nitriles is 1. The minimum atomic E-state index is 0.323. The lowest BCUT2D eigenvalue weighted by Gasteiger charge is -2.11. The molecule has 0 amide bonds. The van der Waals surface area contributed by atoms with Crippen LogP contribution < -0.4 is 5.32 Å². The number of rotatable bonds is 4. The molecule has 2 rings (SSSR count). The number of halogens is 1. The fraction of sp³-hybridized carbons (Fsp3) is 0.250. The first-order valence-electron chi connectivity index (χ1n) is 6.50. The summed E-state index contributed by atoms with van der Waals surface area (Å²) < 4.78 is 0. The van der Waals surface area contributed by atoms with E-state index in [0.29, 0.717) is 28.9 Å². The second-order valence-electron chi connectivity index (χ2n) is 4.84. The summed E-state index contributed by atoms with van der Waals surface area (Å²) in [5.74, 6) is 0.933. The van der Waals surface area contributed by atoms with E-state index < -0.39 is 0 Å². The first kappa shape index (κ1) is 14.4. The standard InChI is InChI=1S/C16H16ClN3/c1-11(2)15-8-7-12(9-18)16(20-15)19-10-13-5-3-4-6-14(13)17/h3-8,11H,10H2,1-2H3,(H,19,20). The summed E-state index contributed by atoms with van der Waals surface area (Å²) in [6, 6.07) is 13.5. The van der Waals surface area contributed by atoms with Gasteiger partial charge in [-0.25, -0.2) is 4.98 Å². The highest BCUT2D eigenvalue weighted by molar-refractivity contribution is 6.31. The Hall–Kier alpha value is -2.05. The van der Waals surface area contributed by atoms with E-state index in [1.807, 2.05) is 30.3 Å². The summed E-state index contributed by atoms with van der Waals surface area (Å²) >= 11 is 6.12. The summed E-state index contributed by atoms with van der Waals surface area (Å²) in [6.07, 6.45) is 0. The van der Waals surface area contributed by atoms with Gasteiger partial charge in [-0.1, -0.05) is 43.6 Å². The first-order valence-corrected chi connectivity index (χ1v) is 6.88. The maximum Gasteiger partial charge on any atom is 0.144 e. The van der Waals surface area contributed by atoms with Crippen LogP contribution in [-0.2, 0) is 6.54 Å². The second kappa shape index (κ2) is 6.40. The topological polar surface area (TPSA) is 48.7 Å². The monoisotopic (exact) mass is 285 g/mol. The fourth-order valence-corrected chi connectivity index (χ4v) is 2.04. The molecule has 0 aliphatic rings. The molecular formula is C16H16ClN3. The van der Waals surface area contributed by atoms with Gasteiger partial charge < -0.3 is 5.32 Å². The largest absolute Gasteiger partial charge is 0.365 e. The van der Waals surface area contributed by atoms with E-state index in [1.165, 1.54) is 0 Å². The van der Waals surface area contributed by atoms with Gasteiger partial charge in [0.15, 0.2) is 0 Å². The summed E-state index contributed by atoms with van der Waals surface area (Å²) in [7, 11) is 0. The van der Waals surface area contributed by atoms with Crippen molar-refractivity contribution in [1.29, 1.82) is 5.26 Å². The van der Waals surface area contributed by atoms with Gasteiger partial charge in [-0.3, -0.25) is 0 Å². The summed E-state index contributed by atoms with van der Waals surface area (Å²) in [6.45, 7) is 4.70. The van der Waals surface area contributed by atoms with Crippen LogP contribution in [0.25, 0.3) is 0 Å². The van der Waals surface area contributed by atoms with E-state index in [2.05, 4.69) is 30.2 Å². The second-order valence-corrected chi connectivity index (χ2v) is 5.25. The van der Waals surface area contributed by atoms with Crippen LogP contribution in [0.2, 0.25) is 5.02 Å². The molecule has 102 valence electrons. The number of anilines is 1. The SMILES string of the molecule is CC(C)c1ccc(C#N)c(NCc2ccccc2Cl)n1. The predicted octanol–water partition coefficient (Wildman–Crippen LogP) is 4.34. The molecule has 1 N–H and O–H groups in total. The van der Waals surface area contributed by atoms with Gasteiger partial charge in [0.05, 0.1) is 5.56 Å². The van der Waals surface area contributed by atoms with Crippen LogP contribution in [0.15, 0.2) is 36.4 Å². The van der Waals surface area contributed by atoms with Gasteiger partial charge in [0, 0.05) is 17.3 Å². The number of hydrogen-bond acceptors (Lipinski definition) is 3. The molecule has 0 atom stereocenters. The highest BCUT2D eigenvalue weighted by Crippen LogP contribution is 2.20. The lowest BCUT2D eigenvalue weighted by atomic mass is 10.1. The molecular weight excluding hydrogens is 270 g/mol. The Labute approximate surface area is 124 Å². The average molecular weight is 286 g/mol. The Balaban J connectivity index is 2.22. The van der Waals surface area contributed by atoms with Crippen molar-refractivity contribution >= 4 is 17.4 Å². The molecule has 1 aromatic carbocycles. The zero-order valence-electron chi connectivity index (χ0n) is 11.5. The Kier molecular flexibility index (Phi) is 4.60. The first-order chi connectivity index (χ1) is 9.61. The minimum absolute atomic E-state index is 0.323. The highest BCUT2D eigenvalue weighted by Gasteiger charge is 2.08. The lowest BCUT2D eigenvalue weighted by Crippen LogP contribution is -2.06. The van der Waals surface area contributed by atoms with Gasteiger partial charge in [0.1, 0.15) is 11.9 Å². The zero-order chi connectivity index (χ0) is 14.5. The number of benzene rings is 1. The third kappa shape index (κ3) is 3.28. The van der Waals surface area contributed by atoms with E-state index in [-0.39, 0.29) is 0 Å². The number of hydrogen-bond donors (Lipinski definition) is 1. The molecule has 0 spiro atoms. The fourth-order valence-electron chi connectivity index (χ4n) is 1.84. The normalized spacial score (nSPS) is 10.3. The van der Waals surface area contributed by atoms with Crippen LogP contribution >= 0.6 is 11.6 Å². The van der Waals surface area contributed by atoms with Crippen LogP contribution in [0, 0.1) is 11.3 Å². The molecule has 3 nitrogen and oxygen atoms in total. The van der Waals surface area contributed by atoms with Crippen LogP contribution in [0.1, 0.15) is 36.6 Å². The molecule has 0 bridgehead atoms. The number of nitrogens with one attached hydrogen (secondary N) is 1. The Bertz CT molecular complexity index is 644. The van der Waals surface area contributed by atoms with Crippen molar-refractivity contribution < 1.29 is 0 Å². The van der Waals surface area contributed by atoms with Gasteiger partial charge in [-0.05, 0) is 29.7 Å². The average Bonchev–Trinajstić information content (AvgIpc) is 2.46. The summed E-state index contributed by atoms with van der Waals surface area (Å²) in [4.78, 5) is 4.51. The molecule has 0 radical (unpaired) electrons. The summed E-state index contributed by atoms with van der Waals surface area (Å²) in [5, 5.41) is 13.0. The van der Waals surface area contributed by atoms with Gasteiger partial charge in [-0.2, -0.15) is 5.26 Å². The van der Waals surface area contributed by atoms with Crippen molar-refractivity contribution in [2.45, 2.75) is 26.3 Å². The maximum atomic E-state index is 9.14. The van der Waals surface area contributed by atoms with Crippen LogP contribution in [0.5, 0.6) is 0 Å². The highest BCUT2D eigenvalue weighted by atomic mass is 35.5. The van der Waals surface area contributed by atoms with Crippen molar-refractivity contribution in [3.8, 4) is 6.07 Å². The number of pyridine rings is 1.